The second kappa shape index (κ2) is 4.30. The number of benzene rings is 1. The maximum atomic E-state index is 13.5. The molecule has 0 saturated carbocycles. The third kappa shape index (κ3) is 1.82. The Balaban J connectivity index is 2.95. The lowest BCUT2D eigenvalue weighted by molar-refractivity contribution is 0.533. The molecule has 1 atom stereocenters. The van der Waals surface area contributed by atoms with E-state index in [4.69, 9.17) is 4.42 Å². The topological polar surface area (TPSA) is 30.2 Å². The first-order valence-corrected chi connectivity index (χ1v) is 6.28. The van der Waals surface area contributed by atoms with Crippen LogP contribution >= 0.6 is 31.9 Å². The number of fused-ring (bicyclic) bond motifs is 1. The molecule has 1 unspecified atom stereocenters. The van der Waals surface area contributed by atoms with Crippen molar-refractivity contribution in [3.05, 3.63) is 44.5 Å². The molecule has 0 aliphatic heterocycles. The minimum Gasteiger partial charge on any atom is -0.458 e. The molecule has 0 bridgehead atoms. The summed E-state index contributed by atoms with van der Waals surface area (Å²) in [6, 6.07) is 4.32. The zero-order chi connectivity index (χ0) is 11.9. The van der Waals surface area contributed by atoms with Gasteiger partial charge in [0.15, 0.2) is 0 Å². The largest absolute Gasteiger partial charge is 0.458 e. The molecule has 2 aromatic rings. The van der Waals surface area contributed by atoms with E-state index in [2.05, 4.69) is 31.9 Å². The average molecular weight is 350 g/mol. The molecule has 1 aromatic carbocycles. The molecule has 0 aliphatic rings. The van der Waals surface area contributed by atoms with Crippen LogP contribution in [0.1, 0.15) is 17.5 Å². The van der Waals surface area contributed by atoms with Gasteiger partial charge in [0.1, 0.15) is 27.0 Å². The first kappa shape index (κ1) is 11.8. The van der Waals surface area contributed by atoms with Gasteiger partial charge in [0.2, 0.25) is 5.43 Å². The normalized spacial score (nSPS) is 13.0. The Kier molecular flexibility index (Phi) is 3.17. The van der Waals surface area contributed by atoms with E-state index in [-0.39, 0.29) is 25.7 Å². The van der Waals surface area contributed by atoms with Gasteiger partial charge >= 0.3 is 0 Å². The molecule has 0 amide bonds. The molecule has 0 N–H and O–H groups in total. The molecule has 1 heterocycles. The summed E-state index contributed by atoms with van der Waals surface area (Å²) in [5.74, 6) is -0.108. The van der Waals surface area contributed by atoms with Gasteiger partial charge in [0, 0.05) is 0 Å². The van der Waals surface area contributed by atoms with Gasteiger partial charge in [-0.3, -0.25) is 4.79 Å². The van der Waals surface area contributed by atoms with Crippen molar-refractivity contribution in [2.24, 2.45) is 0 Å². The standard InChI is InChI=1S/C11H7Br2FO2/c1-5(12)11-9(13)10(15)8-6(14)3-2-4-7(8)16-11/h2-5H,1H3. The molecule has 2 rings (SSSR count). The predicted molar refractivity (Wildman–Crippen MR) is 67.5 cm³/mol. The maximum Gasteiger partial charge on any atom is 0.210 e. The highest BCUT2D eigenvalue weighted by atomic mass is 79.9. The van der Waals surface area contributed by atoms with Crippen LogP contribution in [0, 0.1) is 5.82 Å². The van der Waals surface area contributed by atoms with E-state index >= 15 is 0 Å². The lowest BCUT2D eigenvalue weighted by Gasteiger charge is -2.07. The van der Waals surface area contributed by atoms with E-state index in [0.717, 1.165) is 0 Å². The van der Waals surface area contributed by atoms with Crippen LogP contribution in [0.25, 0.3) is 11.0 Å². The van der Waals surface area contributed by atoms with Crippen LogP contribution in [0.2, 0.25) is 0 Å². The highest BCUT2D eigenvalue weighted by Crippen LogP contribution is 2.30. The number of alkyl halides is 1. The Morgan fingerprint density at radius 3 is 2.75 bits per heavy atom. The lowest BCUT2D eigenvalue weighted by atomic mass is 10.2. The average Bonchev–Trinajstić information content (AvgIpc) is 2.22. The Morgan fingerprint density at radius 1 is 1.44 bits per heavy atom. The van der Waals surface area contributed by atoms with E-state index in [1.165, 1.54) is 12.1 Å². The van der Waals surface area contributed by atoms with Gasteiger partial charge in [-0.25, -0.2) is 4.39 Å². The Morgan fingerprint density at radius 2 is 2.12 bits per heavy atom. The highest BCUT2D eigenvalue weighted by Gasteiger charge is 2.17. The summed E-state index contributed by atoms with van der Waals surface area (Å²) in [5.41, 5.74) is -0.129. The summed E-state index contributed by atoms with van der Waals surface area (Å²) in [4.78, 5) is 11.8. The van der Waals surface area contributed by atoms with Crippen LogP contribution in [0.3, 0.4) is 0 Å². The number of hydrogen-bond donors (Lipinski definition) is 0. The molecule has 0 spiro atoms. The highest BCUT2D eigenvalue weighted by molar-refractivity contribution is 9.11. The van der Waals surface area contributed by atoms with Crippen LogP contribution in [0.4, 0.5) is 4.39 Å². The summed E-state index contributed by atoms with van der Waals surface area (Å²) in [5, 5.41) is -0.0220. The molecule has 0 fully saturated rings. The van der Waals surface area contributed by atoms with Gasteiger partial charge in [-0.05, 0) is 35.0 Å². The van der Waals surface area contributed by atoms with Gasteiger partial charge in [0.25, 0.3) is 0 Å². The van der Waals surface area contributed by atoms with Crippen molar-refractivity contribution in [2.75, 3.05) is 0 Å². The molecule has 1 aromatic heterocycles. The fourth-order valence-electron chi connectivity index (χ4n) is 1.45. The SMILES string of the molecule is CC(Br)c1oc2cccc(F)c2c(=O)c1Br. The van der Waals surface area contributed by atoms with Crippen molar-refractivity contribution in [1.82, 2.24) is 0 Å². The summed E-state index contributed by atoms with van der Waals surface area (Å²) in [6.07, 6.45) is 0. The molecule has 0 saturated heterocycles. The second-order valence-electron chi connectivity index (χ2n) is 3.34. The molecule has 0 aliphatic carbocycles. The first-order chi connectivity index (χ1) is 7.52. The van der Waals surface area contributed by atoms with Crippen molar-refractivity contribution in [1.29, 1.82) is 0 Å². The quantitative estimate of drug-likeness (QED) is 0.724. The second-order valence-corrected chi connectivity index (χ2v) is 5.50. The van der Waals surface area contributed by atoms with Crippen LogP contribution in [-0.2, 0) is 0 Å². The number of rotatable bonds is 1. The van der Waals surface area contributed by atoms with E-state index in [9.17, 15) is 9.18 Å². The van der Waals surface area contributed by atoms with Gasteiger partial charge in [-0.2, -0.15) is 0 Å². The lowest BCUT2D eigenvalue weighted by Crippen LogP contribution is -2.08. The summed E-state index contributed by atoms with van der Waals surface area (Å²) in [7, 11) is 0. The Labute approximate surface area is 108 Å². The maximum absolute atomic E-state index is 13.5. The minimum atomic E-state index is -0.569. The van der Waals surface area contributed by atoms with E-state index in [1.54, 1.807) is 6.07 Å². The Hall–Kier alpha value is -0.680. The van der Waals surface area contributed by atoms with E-state index in [1.807, 2.05) is 6.92 Å². The van der Waals surface area contributed by atoms with Crippen molar-refractivity contribution in [2.45, 2.75) is 11.8 Å². The number of halogens is 3. The van der Waals surface area contributed by atoms with E-state index < -0.39 is 5.82 Å². The molecular weight excluding hydrogens is 343 g/mol. The van der Waals surface area contributed by atoms with Crippen LogP contribution in [-0.4, -0.2) is 0 Å². The summed E-state index contributed by atoms with van der Waals surface area (Å²) >= 11 is 6.45. The van der Waals surface area contributed by atoms with Crippen molar-refractivity contribution >= 4 is 42.8 Å². The monoisotopic (exact) mass is 348 g/mol. The van der Waals surface area contributed by atoms with Gasteiger partial charge < -0.3 is 4.42 Å². The first-order valence-electron chi connectivity index (χ1n) is 4.57. The number of hydrogen-bond acceptors (Lipinski definition) is 2. The fourth-order valence-corrected chi connectivity index (χ4v) is 2.70. The van der Waals surface area contributed by atoms with Crippen molar-refractivity contribution < 1.29 is 8.81 Å². The van der Waals surface area contributed by atoms with Crippen LogP contribution < -0.4 is 5.43 Å². The summed E-state index contributed by atoms with van der Waals surface area (Å²) in [6.45, 7) is 1.83. The van der Waals surface area contributed by atoms with Crippen LogP contribution in [0.15, 0.2) is 31.9 Å². The molecule has 0 radical (unpaired) electrons. The zero-order valence-electron chi connectivity index (χ0n) is 8.26. The fraction of sp³-hybridized carbons (Fsp3) is 0.182. The van der Waals surface area contributed by atoms with Gasteiger partial charge in [0.05, 0.1) is 4.83 Å². The zero-order valence-corrected chi connectivity index (χ0v) is 11.4. The molecular formula is C11H7Br2FO2. The van der Waals surface area contributed by atoms with Gasteiger partial charge in [-0.15, -0.1) is 0 Å². The predicted octanol–water partition coefficient (Wildman–Crippen LogP) is 4.15. The smallest absolute Gasteiger partial charge is 0.210 e. The van der Waals surface area contributed by atoms with Crippen molar-refractivity contribution in [3.8, 4) is 0 Å². The van der Waals surface area contributed by atoms with Crippen LogP contribution in [0.5, 0.6) is 0 Å². The summed E-state index contributed by atoms with van der Waals surface area (Å²) < 4.78 is 19.2. The Bertz CT molecular complexity index is 605. The third-order valence-electron chi connectivity index (χ3n) is 2.20. The van der Waals surface area contributed by atoms with Crippen molar-refractivity contribution in [3.63, 3.8) is 0 Å². The molecule has 5 heteroatoms. The third-order valence-corrected chi connectivity index (χ3v) is 3.37. The van der Waals surface area contributed by atoms with Gasteiger partial charge in [-0.1, -0.05) is 22.0 Å². The molecule has 16 heavy (non-hydrogen) atoms. The molecule has 84 valence electrons. The molecule has 2 nitrogen and oxygen atoms in total. The minimum absolute atomic E-state index is 0.0220. The van der Waals surface area contributed by atoms with E-state index in [0.29, 0.717) is 5.76 Å².